The van der Waals surface area contributed by atoms with E-state index in [0.717, 1.165) is 0 Å². The van der Waals surface area contributed by atoms with Crippen molar-refractivity contribution < 1.29 is 4.79 Å². The van der Waals surface area contributed by atoms with Gasteiger partial charge >= 0.3 is 0 Å². The summed E-state index contributed by atoms with van der Waals surface area (Å²) in [5.41, 5.74) is 0.519. The van der Waals surface area contributed by atoms with Gasteiger partial charge in [-0.05, 0) is 20.2 Å². The lowest BCUT2D eigenvalue weighted by molar-refractivity contribution is 0.0958. The minimum atomic E-state index is -0.00171. The van der Waals surface area contributed by atoms with Crippen LogP contribution in [0.5, 0.6) is 0 Å². The number of carbonyl (C=O) groups is 1. The lowest BCUT2D eigenvalue weighted by Crippen LogP contribution is -2.21. The summed E-state index contributed by atoms with van der Waals surface area (Å²) in [6.45, 7) is 0.354. The monoisotopic (exact) mass is 237 g/mol. The van der Waals surface area contributed by atoms with E-state index in [2.05, 4.69) is 0 Å². The Labute approximate surface area is 91.1 Å². The van der Waals surface area contributed by atoms with Crippen molar-refractivity contribution in [2.75, 3.05) is 20.6 Å². The number of Topliss-reactive ketones (excluding diaryl/α,β-unsaturated/α-hetero) is 1. The maximum atomic E-state index is 11.5. The Kier molecular flexibility index (Phi) is 3.74. The van der Waals surface area contributed by atoms with Crippen LogP contribution in [0.15, 0.2) is 6.07 Å². The first-order valence-electron chi connectivity index (χ1n) is 3.63. The Morgan fingerprint density at radius 1 is 1.54 bits per heavy atom. The van der Waals surface area contributed by atoms with E-state index in [-0.39, 0.29) is 5.78 Å². The zero-order valence-electron chi connectivity index (χ0n) is 7.30. The van der Waals surface area contributed by atoms with E-state index in [9.17, 15) is 4.79 Å². The highest BCUT2D eigenvalue weighted by Crippen LogP contribution is 2.31. The van der Waals surface area contributed by atoms with Crippen molar-refractivity contribution in [3.8, 4) is 0 Å². The summed E-state index contributed by atoms with van der Waals surface area (Å²) < 4.78 is 1.02. The largest absolute Gasteiger partial charge is 0.302 e. The van der Waals surface area contributed by atoms with Gasteiger partial charge < -0.3 is 4.90 Å². The molecule has 0 spiro atoms. The first-order valence-corrected chi connectivity index (χ1v) is 5.20. The number of carbonyl (C=O) groups excluding carboxylic acids is 1. The second-order valence-electron chi connectivity index (χ2n) is 2.90. The number of thiophene rings is 1. The van der Waals surface area contributed by atoms with Crippen LogP contribution in [0.1, 0.15) is 10.4 Å². The number of hydrogen-bond acceptors (Lipinski definition) is 3. The number of hydrogen-bond donors (Lipinski definition) is 0. The number of likely N-dealkylation sites (N-methyl/N-ethyl adjacent to an activating group) is 1. The average molecular weight is 238 g/mol. The number of rotatable bonds is 3. The van der Waals surface area contributed by atoms with Crippen molar-refractivity contribution in [1.82, 2.24) is 4.90 Å². The van der Waals surface area contributed by atoms with Crippen molar-refractivity contribution in [2.45, 2.75) is 0 Å². The Hall–Kier alpha value is -0.0900. The standard InChI is InChI=1S/C8H9Cl2NOS/c1-11(2)4-6(12)5-3-7(9)13-8(5)10/h3H,4H2,1-2H3. The highest BCUT2D eigenvalue weighted by atomic mass is 35.5. The van der Waals surface area contributed by atoms with Gasteiger partial charge in [-0.3, -0.25) is 4.79 Å². The highest BCUT2D eigenvalue weighted by Gasteiger charge is 2.14. The zero-order chi connectivity index (χ0) is 10.0. The molecule has 1 heterocycles. The molecule has 0 saturated heterocycles. The molecule has 13 heavy (non-hydrogen) atoms. The smallest absolute Gasteiger partial charge is 0.179 e. The molecule has 0 aromatic carbocycles. The van der Waals surface area contributed by atoms with Crippen LogP contribution in [0.4, 0.5) is 0 Å². The summed E-state index contributed by atoms with van der Waals surface area (Å²) in [6.07, 6.45) is 0. The Balaban J connectivity index is 2.82. The third-order valence-electron chi connectivity index (χ3n) is 1.42. The van der Waals surface area contributed by atoms with E-state index in [1.54, 1.807) is 11.0 Å². The van der Waals surface area contributed by atoms with Crippen molar-refractivity contribution in [2.24, 2.45) is 0 Å². The first kappa shape index (κ1) is 11.0. The molecular weight excluding hydrogens is 229 g/mol. The molecule has 2 nitrogen and oxygen atoms in total. The molecule has 0 aliphatic heterocycles. The minimum absolute atomic E-state index is 0.00171. The van der Waals surface area contributed by atoms with Crippen LogP contribution in [-0.4, -0.2) is 31.3 Å². The van der Waals surface area contributed by atoms with Gasteiger partial charge in [0.1, 0.15) is 4.34 Å². The van der Waals surface area contributed by atoms with Crippen molar-refractivity contribution in [3.05, 3.63) is 20.3 Å². The van der Waals surface area contributed by atoms with Crippen molar-refractivity contribution in [3.63, 3.8) is 0 Å². The third-order valence-corrected chi connectivity index (χ3v) is 2.90. The van der Waals surface area contributed by atoms with E-state index in [0.29, 0.717) is 20.8 Å². The maximum absolute atomic E-state index is 11.5. The van der Waals surface area contributed by atoms with E-state index >= 15 is 0 Å². The lowest BCUT2D eigenvalue weighted by atomic mass is 10.2. The number of halogens is 2. The molecule has 0 aliphatic carbocycles. The zero-order valence-corrected chi connectivity index (χ0v) is 9.63. The molecule has 5 heteroatoms. The van der Waals surface area contributed by atoms with Crippen LogP contribution in [0.2, 0.25) is 8.67 Å². The molecule has 0 atom stereocenters. The van der Waals surface area contributed by atoms with Gasteiger partial charge in [0, 0.05) is 0 Å². The summed E-state index contributed by atoms with van der Waals surface area (Å²) in [5, 5.41) is 0. The highest BCUT2D eigenvalue weighted by molar-refractivity contribution is 7.20. The molecule has 0 saturated carbocycles. The van der Waals surface area contributed by atoms with Crippen molar-refractivity contribution >= 4 is 40.3 Å². The second-order valence-corrected chi connectivity index (χ2v) is 5.18. The van der Waals surface area contributed by atoms with Gasteiger partial charge in [-0.15, -0.1) is 11.3 Å². The van der Waals surface area contributed by atoms with Crippen LogP contribution in [0, 0.1) is 0 Å². The Morgan fingerprint density at radius 3 is 2.54 bits per heavy atom. The first-order chi connectivity index (χ1) is 6.00. The molecule has 1 aromatic rings. The fourth-order valence-corrected chi connectivity index (χ4v) is 2.40. The SMILES string of the molecule is CN(C)CC(=O)c1cc(Cl)sc1Cl. The molecule has 0 fully saturated rings. The lowest BCUT2D eigenvalue weighted by Gasteiger charge is -2.06. The maximum Gasteiger partial charge on any atom is 0.179 e. The van der Waals surface area contributed by atoms with Crippen LogP contribution in [0.3, 0.4) is 0 Å². The fourth-order valence-electron chi connectivity index (χ4n) is 0.903. The minimum Gasteiger partial charge on any atom is -0.302 e. The van der Waals surface area contributed by atoms with Gasteiger partial charge in [-0.25, -0.2) is 0 Å². The molecule has 1 aromatic heterocycles. The fraction of sp³-hybridized carbons (Fsp3) is 0.375. The van der Waals surface area contributed by atoms with Gasteiger partial charge in [0.05, 0.1) is 16.4 Å². The molecule has 1 rings (SSSR count). The molecule has 0 radical (unpaired) electrons. The van der Waals surface area contributed by atoms with Crippen LogP contribution < -0.4 is 0 Å². The average Bonchev–Trinajstić information content (AvgIpc) is 2.28. The van der Waals surface area contributed by atoms with Crippen LogP contribution in [0.25, 0.3) is 0 Å². The van der Waals surface area contributed by atoms with Gasteiger partial charge in [0.25, 0.3) is 0 Å². The van der Waals surface area contributed by atoms with Gasteiger partial charge in [-0.1, -0.05) is 23.2 Å². The van der Waals surface area contributed by atoms with E-state index in [1.807, 2.05) is 14.1 Å². The van der Waals surface area contributed by atoms with Gasteiger partial charge in [-0.2, -0.15) is 0 Å². The molecule has 0 unspecified atom stereocenters. The van der Waals surface area contributed by atoms with Crippen molar-refractivity contribution in [1.29, 1.82) is 0 Å². The summed E-state index contributed by atoms with van der Waals surface area (Å²) in [7, 11) is 3.67. The molecule has 0 N–H and O–H groups in total. The molecule has 0 amide bonds. The van der Waals surface area contributed by atoms with E-state index < -0.39 is 0 Å². The Bertz CT molecular complexity index is 322. The molecular formula is C8H9Cl2NOS. The number of nitrogens with zero attached hydrogens (tertiary/aromatic N) is 1. The number of ketones is 1. The summed E-state index contributed by atoms with van der Waals surface area (Å²) in [5.74, 6) is -0.00171. The molecule has 0 aliphatic rings. The summed E-state index contributed by atoms with van der Waals surface area (Å²) >= 11 is 12.7. The Morgan fingerprint density at radius 2 is 2.15 bits per heavy atom. The van der Waals surface area contributed by atoms with Crippen LogP contribution in [-0.2, 0) is 0 Å². The van der Waals surface area contributed by atoms with Gasteiger partial charge in [0.2, 0.25) is 0 Å². The third kappa shape index (κ3) is 2.95. The predicted octanol–water partition coefficient (Wildman–Crippen LogP) is 2.80. The summed E-state index contributed by atoms with van der Waals surface area (Å²) in [4.78, 5) is 13.3. The molecule has 72 valence electrons. The topological polar surface area (TPSA) is 20.3 Å². The second kappa shape index (κ2) is 4.42. The van der Waals surface area contributed by atoms with E-state index in [4.69, 9.17) is 23.2 Å². The summed E-state index contributed by atoms with van der Waals surface area (Å²) in [6, 6.07) is 1.61. The quantitative estimate of drug-likeness (QED) is 0.754. The normalized spacial score (nSPS) is 10.8. The van der Waals surface area contributed by atoms with Crippen LogP contribution >= 0.6 is 34.5 Å². The predicted molar refractivity (Wildman–Crippen MR) is 57.2 cm³/mol. The van der Waals surface area contributed by atoms with Gasteiger partial charge in [0.15, 0.2) is 5.78 Å². The molecule has 0 bridgehead atoms. The van der Waals surface area contributed by atoms with E-state index in [1.165, 1.54) is 11.3 Å².